The second-order valence-corrected chi connectivity index (χ2v) is 8.65. The Bertz CT molecular complexity index is 1130. The van der Waals surface area contributed by atoms with Gasteiger partial charge in [-0.1, -0.05) is 37.6 Å². The number of nitrogens with zero attached hydrogens (tertiary/aromatic N) is 3. The molecule has 0 spiro atoms. The summed E-state index contributed by atoms with van der Waals surface area (Å²) in [6.07, 6.45) is 2.70. The minimum atomic E-state index is -0.194. The molecule has 1 aliphatic heterocycles. The number of anilines is 1. The molecule has 1 aliphatic rings. The van der Waals surface area contributed by atoms with Gasteiger partial charge in [0.2, 0.25) is 0 Å². The van der Waals surface area contributed by atoms with E-state index in [9.17, 15) is 9.59 Å². The van der Waals surface area contributed by atoms with Crippen LogP contribution in [0, 0.1) is 11.8 Å². The van der Waals surface area contributed by atoms with E-state index in [-0.39, 0.29) is 11.5 Å². The van der Waals surface area contributed by atoms with Crippen LogP contribution < -0.4 is 10.9 Å². The zero-order valence-corrected chi connectivity index (χ0v) is 17.9. The van der Waals surface area contributed by atoms with Crippen LogP contribution in [-0.4, -0.2) is 33.3 Å². The zero-order chi connectivity index (χ0) is 21.3. The summed E-state index contributed by atoms with van der Waals surface area (Å²) in [5.41, 5.74) is 2.32. The maximum Gasteiger partial charge on any atom is 0.258 e. The first-order chi connectivity index (χ1) is 14.4. The van der Waals surface area contributed by atoms with Crippen LogP contribution in [0.25, 0.3) is 5.65 Å². The lowest BCUT2D eigenvalue weighted by Gasteiger charge is -2.35. The molecule has 1 aromatic carbocycles. The predicted molar refractivity (Wildman–Crippen MR) is 119 cm³/mol. The van der Waals surface area contributed by atoms with Crippen molar-refractivity contribution >= 4 is 28.8 Å². The molecule has 6 nitrogen and oxygen atoms in total. The van der Waals surface area contributed by atoms with Gasteiger partial charge in [-0.3, -0.25) is 14.0 Å². The number of halogens is 1. The number of carbonyl (C=O) groups excluding carboxylic acids is 1. The number of rotatable bonds is 4. The Kier molecular flexibility index (Phi) is 5.77. The molecule has 0 aliphatic carbocycles. The van der Waals surface area contributed by atoms with Crippen molar-refractivity contribution in [2.75, 3.05) is 18.4 Å². The number of fused-ring (bicyclic) bond motifs is 1. The highest BCUT2D eigenvalue weighted by atomic mass is 35.5. The van der Waals surface area contributed by atoms with E-state index in [1.54, 1.807) is 18.3 Å². The van der Waals surface area contributed by atoms with Crippen molar-refractivity contribution in [3.05, 3.63) is 75.3 Å². The van der Waals surface area contributed by atoms with Gasteiger partial charge in [-0.25, -0.2) is 4.98 Å². The van der Waals surface area contributed by atoms with Crippen molar-refractivity contribution in [3.8, 4) is 0 Å². The number of para-hydroxylation sites is 1. The van der Waals surface area contributed by atoms with Crippen LogP contribution in [0.5, 0.6) is 0 Å². The van der Waals surface area contributed by atoms with Gasteiger partial charge in [0.1, 0.15) is 5.65 Å². The highest BCUT2D eigenvalue weighted by Gasteiger charge is 2.27. The third-order valence-corrected chi connectivity index (χ3v) is 5.67. The number of aromatic nitrogens is 2. The molecule has 1 saturated heterocycles. The van der Waals surface area contributed by atoms with E-state index in [0.29, 0.717) is 40.3 Å². The molecule has 156 valence electrons. The second-order valence-electron chi connectivity index (χ2n) is 8.22. The summed E-state index contributed by atoms with van der Waals surface area (Å²) in [5.74, 6) is 1.04. The molecular weight excluding hydrogens is 400 g/mol. The summed E-state index contributed by atoms with van der Waals surface area (Å²) in [5, 5.41) is 3.77. The Labute approximate surface area is 180 Å². The first-order valence-electron chi connectivity index (χ1n) is 10.2. The lowest BCUT2D eigenvalue weighted by molar-refractivity contribution is 0.0624. The number of hydrogen-bond acceptors (Lipinski definition) is 4. The molecule has 0 bridgehead atoms. The Morgan fingerprint density at radius 1 is 1.17 bits per heavy atom. The number of carbonyl (C=O) groups is 1. The summed E-state index contributed by atoms with van der Waals surface area (Å²) >= 11 is 5.96. The van der Waals surface area contributed by atoms with E-state index in [0.717, 1.165) is 25.2 Å². The Balaban J connectivity index is 1.55. The van der Waals surface area contributed by atoms with E-state index in [1.807, 2.05) is 29.2 Å². The molecule has 1 fully saturated rings. The van der Waals surface area contributed by atoms with E-state index in [2.05, 4.69) is 24.1 Å². The Morgan fingerprint density at radius 3 is 2.67 bits per heavy atom. The smallest absolute Gasteiger partial charge is 0.258 e. The van der Waals surface area contributed by atoms with Crippen LogP contribution in [0.4, 0.5) is 5.69 Å². The van der Waals surface area contributed by atoms with Crippen molar-refractivity contribution in [1.82, 2.24) is 14.3 Å². The average Bonchev–Trinajstić information content (AvgIpc) is 2.72. The summed E-state index contributed by atoms with van der Waals surface area (Å²) in [6.45, 7) is 6.28. The SMILES string of the molecule is CC1CC(C)CN(C(=O)c2ccccc2NCc2cc(=O)n3cc(Cl)ccc3n2)C1. The summed E-state index contributed by atoms with van der Waals surface area (Å²) < 4.78 is 1.42. The van der Waals surface area contributed by atoms with Gasteiger partial charge in [-0.05, 0) is 42.5 Å². The van der Waals surface area contributed by atoms with Gasteiger partial charge in [0, 0.05) is 31.0 Å². The largest absolute Gasteiger partial charge is 0.379 e. The number of likely N-dealkylation sites (tertiary alicyclic amines) is 1. The quantitative estimate of drug-likeness (QED) is 0.685. The van der Waals surface area contributed by atoms with Gasteiger partial charge in [-0.2, -0.15) is 0 Å². The van der Waals surface area contributed by atoms with Crippen LogP contribution >= 0.6 is 11.6 Å². The number of amides is 1. The van der Waals surface area contributed by atoms with E-state index < -0.39 is 0 Å². The summed E-state index contributed by atoms with van der Waals surface area (Å²) in [6, 6.07) is 12.4. The molecule has 1 amide bonds. The summed E-state index contributed by atoms with van der Waals surface area (Å²) in [4.78, 5) is 32.0. The van der Waals surface area contributed by atoms with E-state index in [4.69, 9.17) is 11.6 Å². The van der Waals surface area contributed by atoms with Crippen molar-refractivity contribution in [3.63, 3.8) is 0 Å². The molecule has 3 heterocycles. The van der Waals surface area contributed by atoms with Crippen molar-refractivity contribution in [1.29, 1.82) is 0 Å². The van der Waals surface area contributed by atoms with Gasteiger partial charge in [0.05, 0.1) is 22.8 Å². The Hall–Kier alpha value is -2.86. The van der Waals surface area contributed by atoms with Gasteiger partial charge >= 0.3 is 0 Å². The predicted octanol–water partition coefficient (Wildman–Crippen LogP) is 4.08. The highest BCUT2D eigenvalue weighted by Crippen LogP contribution is 2.25. The van der Waals surface area contributed by atoms with Crippen molar-refractivity contribution < 1.29 is 4.79 Å². The number of benzene rings is 1. The van der Waals surface area contributed by atoms with Crippen LogP contribution in [0.15, 0.2) is 53.5 Å². The maximum absolute atomic E-state index is 13.2. The second kappa shape index (κ2) is 8.48. The zero-order valence-electron chi connectivity index (χ0n) is 17.1. The topological polar surface area (TPSA) is 66.7 Å². The molecule has 2 unspecified atom stereocenters. The summed E-state index contributed by atoms with van der Waals surface area (Å²) in [7, 11) is 0. The van der Waals surface area contributed by atoms with E-state index >= 15 is 0 Å². The molecule has 1 N–H and O–H groups in total. The van der Waals surface area contributed by atoms with Gasteiger partial charge in [-0.15, -0.1) is 0 Å². The number of nitrogens with one attached hydrogen (secondary N) is 1. The van der Waals surface area contributed by atoms with Crippen LogP contribution in [-0.2, 0) is 6.54 Å². The lowest BCUT2D eigenvalue weighted by atomic mass is 9.91. The molecule has 2 atom stereocenters. The third-order valence-electron chi connectivity index (χ3n) is 5.45. The minimum absolute atomic E-state index is 0.0395. The first-order valence-corrected chi connectivity index (χ1v) is 10.6. The maximum atomic E-state index is 13.2. The molecule has 30 heavy (non-hydrogen) atoms. The third kappa shape index (κ3) is 4.33. The lowest BCUT2D eigenvalue weighted by Crippen LogP contribution is -2.42. The molecule has 4 rings (SSSR count). The number of piperidine rings is 1. The highest BCUT2D eigenvalue weighted by molar-refractivity contribution is 6.30. The fraction of sp³-hybridized carbons (Fsp3) is 0.348. The molecule has 0 radical (unpaired) electrons. The van der Waals surface area contributed by atoms with Crippen LogP contribution in [0.3, 0.4) is 0 Å². The number of pyridine rings is 1. The monoisotopic (exact) mass is 424 g/mol. The van der Waals surface area contributed by atoms with Crippen LogP contribution in [0.1, 0.15) is 36.3 Å². The van der Waals surface area contributed by atoms with Gasteiger partial charge < -0.3 is 10.2 Å². The fourth-order valence-electron chi connectivity index (χ4n) is 4.23. The van der Waals surface area contributed by atoms with E-state index in [1.165, 1.54) is 10.5 Å². The van der Waals surface area contributed by atoms with Gasteiger partial charge in [0.25, 0.3) is 11.5 Å². The Morgan fingerprint density at radius 2 is 1.90 bits per heavy atom. The molecule has 3 aromatic rings. The standard InChI is InChI=1S/C23H25ClN4O2/c1-15-9-16(2)13-27(12-15)23(30)19-5-3-4-6-20(19)25-11-18-10-22(29)28-14-17(24)7-8-21(28)26-18/h3-8,10,14-16,25H,9,11-13H2,1-2H3. The first kappa shape index (κ1) is 20.4. The van der Waals surface area contributed by atoms with Crippen molar-refractivity contribution in [2.45, 2.75) is 26.8 Å². The molecule has 0 saturated carbocycles. The average molecular weight is 425 g/mol. The minimum Gasteiger partial charge on any atom is -0.379 e. The van der Waals surface area contributed by atoms with Crippen molar-refractivity contribution in [2.24, 2.45) is 11.8 Å². The normalized spacial score (nSPS) is 19.1. The molecule has 2 aromatic heterocycles. The van der Waals surface area contributed by atoms with Gasteiger partial charge in [0.15, 0.2) is 0 Å². The molecular formula is C23H25ClN4O2. The number of hydrogen-bond donors (Lipinski definition) is 1. The van der Waals surface area contributed by atoms with Crippen LogP contribution in [0.2, 0.25) is 5.02 Å². The molecule has 7 heteroatoms. The fourth-order valence-corrected chi connectivity index (χ4v) is 4.39.